The quantitative estimate of drug-likeness (QED) is 0.166. The summed E-state index contributed by atoms with van der Waals surface area (Å²) in [5, 5.41) is 0. The molecule has 264 valence electrons. The maximum absolute atomic E-state index is 2.49. The van der Waals surface area contributed by atoms with Gasteiger partial charge in [-0.2, -0.15) is 0 Å². The van der Waals surface area contributed by atoms with Gasteiger partial charge in [0.25, 0.3) is 0 Å². The van der Waals surface area contributed by atoms with Gasteiger partial charge in [0.15, 0.2) is 0 Å². The van der Waals surface area contributed by atoms with Gasteiger partial charge in [-0.15, -0.1) is 0 Å². The first kappa shape index (κ1) is 33.2. The van der Waals surface area contributed by atoms with E-state index in [2.05, 4.69) is 221 Å². The molecule has 1 heteroatoms. The predicted molar refractivity (Wildman–Crippen MR) is 231 cm³/mol. The summed E-state index contributed by atoms with van der Waals surface area (Å²) in [5.41, 5.74) is 21.1. The van der Waals surface area contributed by atoms with Crippen molar-refractivity contribution in [3.05, 3.63) is 233 Å². The Labute approximate surface area is 325 Å². The van der Waals surface area contributed by atoms with Gasteiger partial charge in [0, 0.05) is 22.5 Å². The van der Waals surface area contributed by atoms with E-state index in [4.69, 9.17) is 0 Å². The highest BCUT2D eigenvalue weighted by Crippen LogP contribution is 2.57. The van der Waals surface area contributed by atoms with E-state index in [0.717, 1.165) is 11.4 Å². The summed E-state index contributed by atoms with van der Waals surface area (Å²) in [7, 11) is 0. The zero-order valence-corrected chi connectivity index (χ0v) is 31.8. The van der Waals surface area contributed by atoms with Gasteiger partial charge in [-0.3, -0.25) is 0 Å². The molecule has 0 fully saturated rings. The Morgan fingerprint density at radius 3 is 1.65 bits per heavy atom. The molecule has 8 aromatic rings. The molecule has 0 aromatic heterocycles. The molecule has 0 amide bonds. The molecule has 0 atom stereocenters. The molecule has 8 aromatic carbocycles. The number of benzene rings is 8. The van der Waals surface area contributed by atoms with Crippen molar-refractivity contribution in [1.82, 2.24) is 0 Å². The van der Waals surface area contributed by atoms with E-state index in [1.165, 1.54) is 83.6 Å². The van der Waals surface area contributed by atoms with E-state index in [1.54, 1.807) is 0 Å². The lowest BCUT2D eigenvalue weighted by atomic mass is 9.67. The average molecular weight is 706 g/mol. The van der Waals surface area contributed by atoms with Crippen LogP contribution in [0.5, 0.6) is 0 Å². The minimum atomic E-state index is -0.485. The van der Waals surface area contributed by atoms with Gasteiger partial charge in [0.1, 0.15) is 0 Å². The van der Waals surface area contributed by atoms with Gasteiger partial charge in [-0.25, -0.2) is 0 Å². The summed E-state index contributed by atoms with van der Waals surface area (Å²) in [6.07, 6.45) is 0. The normalized spacial score (nSPS) is 14.1. The van der Waals surface area contributed by atoms with E-state index < -0.39 is 5.41 Å². The van der Waals surface area contributed by atoms with Crippen LogP contribution in [-0.2, 0) is 10.8 Å². The molecular formula is C54H43N. The summed E-state index contributed by atoms with van der Waals surface area (Å²) < 4.78 is 0. The average Bonchev–Trinajstić information content (AvgIpc) is 3.64. The van der Waals surface area contributed by atoms with Gasteiger partial charge in [0.2, 0.25) is 0 Å². The molecule has 0 aliphatic heterocycles. The number of hydrogen-bond acceptors (Lipinski definition) is 1. The number of hydrogen-bond donors (Lipinski definition) is 0. The zero-order valence-electron chi connectivity index (χ0n) is 31.8. The first-order valence-electron chi connectivity index (χ1n) is 19.4. The van der Waals surface area contributed by atoms with Crippen LogP contribution in [0.3, 0.4) is 0 Å². The standard InChI is InChI=1S/C54H43N/c1-36-26-31-48-46(32-36)47-35-52(37(2)33-51(47)53(48,3)4)55(42-29-27-39(28-30-42)38-16-7-5-8-17-38)43-21-15-20-41(34-43)54(40-18-9-6-10-19-40)49-24-13-11-22-44(49)45-23-12-14-25-50(45)54/h5-35H,1-4H3. The number of nitrogens with zero attached hydrogens (tertiary/aromatic N) is 1. The Balaban J connectivity index is 1.22. The maximum Gasteiger partial charge on any atom is 0.0714 e. The number of fused-ring (bicyclic) bond motifs is 6. The molecule has 10 rings (SSSR count). The lowest BCUT2D eigenvalue weighted by molar-refractivity contribution is 0.659. The predicted octanol–water partition coefficient (Wildman–Crippen LogP) is 14.1. The highest BCUT2D eigenvalue weighted by molar-refractivity contribution is 5.90. The van der Waals surface area contributed by atoms with Crippen molar-refractivity contribution in [2.24, 2.45) is 0 Å². The van der Waals surface area contributed by atoms with E-state index >= 15 is 0 Å². The van der Waals surface area contributed by atoms with Gasteiger partial charge >= 0.3 is 0 Å². The Kier molecular flexibility index (Phi) is 7.58. The number of aryl methyl sites for hydroxylation is 2. The minimum Gasteiger partial charge on any atom is -0.310 e. The third kappa shape index (κ3) is 5.00. The van der Waals surface area contributed by atoms with Crippen molar-refractivity contribution >= 4 is 17.1 Å². The van der Waals surface area contributed by atoms with E-state index in [-0.39, 0.29) is 5.41 Å². The van der Waals surface area contributed by atoms with Crippen LogP contribution in [0.1, 0.15) is 58.4 Å². The second-order valence-corrected chi connectivity index (χ2v) is 15.9. The van der Waals surface area contributed by atoms with Crippen molar-refractivity contribution < 1.29 is 0 Å². The first-order chi connectivity index (χ1) is 26.9. The molecule has 2 aliphatic rings. The molecule has 0 bridgehead atoms. The van der Waals surface area contributed by atoms with Crippen LogP contribution in [0.2, 0.25) is 0 Å². The second-order valence-electron chi connectivity index (χ2n) is 15.9. The monoisotopic (exact) mass is 705 g/mol. The molecule has 55 heavy (non-hydrogen) atoms. The summed E-state index contributed by atoms with van der Waals surface area (Å²) in [6, 6.07) is 70.1. The number of rotatable bonds is 6. The first-order valence-corrected chi connectivity index (χ1v) is 19.4. The molecule has 0 saturated heterocycles. The molecule has 0 spiro atoms. The van der Waals surface area contributed by atoms with Gasteiger partial charge < -0.3 is 4.90 Å². The Morgan fingerprint density at radius 1 is 0.382 bits per heavy atom. The van der Waals surface area contributed by atoms with Gasteiger partial charge in [0.05, 0.1) is 5.41 Å². The summed E-state index contributed by atoms with van der Waals surface area (Å²) in [6.45, 7) is 9.23. The topological polar surface area (TPSA) is 3.24 Å². The molecule has 0 unspecified atom stereocenters. The third-order valence-electron chi connectivity index (χ3n) is 12.3. The molecule has 0 saturated carbocycles. The summed E-state index contributed by atoms with van der Waals surface area (Å²) in [5.74, 6) is 0. The fraction of sp³-hybridized carbons (Fsp3) is 0.111. The maximum atomic E-state index is 2.49. The Bertz CT molecular complexity index is 2690. The summed E-state index contributed by atoms with van der Waals surface area (Å²) in [4.78, 5) is 2.49. The fourth-order valence-corrected chi connectivity index (χ4v) is 9.70. The SMILES string of the molecule is Cc1ccc2c(c1)-c1cc(N(c3ccc(-c4ccccc4)cc3)c3cccc(C4(c5ccccc5)c5ccccc5-c5ccccc54)c3)c(C)cc1C2(C)C. The van der Waals surface area contributed by atoms with Gasteiger partial charge in [-0.1, -0.05) is 177 Å². The van der Waals surface area contributed by atoms with Crippen molar-refractivity contribution in [1.29, 1.82) is 0 Å². The van der Waals surface area contributed by atoms with Crippen molar-refractivity contribution in [2.45, 2.75) is 38.5 Å². The van der Waals surface area contributed by atoms with Crippen LogP contribution in [0.4, 0.5) is 17.1 Å². The van der Waals surface area contributed by atoms with E-state index in [1.807, 2.05) is 0 Å². The van der Waals surface area contributed by atoms with Crippen molar-refractivity contribution in [3.63, 3.8) is 0 Å². The van der Waals surface area contributed by atoms with Crippen LogP contribution in [-0.4, -0.2) is 0 Å². The zero-order chi connectivity index (χ0) is 37.3. The smallest absolute Gasteiger partial charge is 0.0714 e. The molecule has 0 heterocycles. The second kappa shape index (κ2) is 12.6. The molecule has 0 N–H and O–H groups in total. The Hall–Kier alpha value is -6.44. The molecule has 2 aliphatic carbocycles. The van der Waals surface area contributed by atoms with Crippen LogP contribution in [0.15, 0.2) is 188 Å². The fourth-order valence-electron chi connectivity index (χ4n) is 9.70. The van der Waals surface area contributed by atoms with Crippen LogP contribution in [0.25, 0.3) is 33.4 Å². The molecule has 0 radical (unpaired) electrons. The minimum absolute atomic E-state index is 0.0743. The largest absolute Gasteiger partial charge is 0.310 e. The lowest BCUT2D eigenvalue weighted by Gasteiger charge is -2.35. The molecular weight excluding hydrogens is 663 g/mol. The summed E-state index contributed by atoms with van der Waals surface area (Å²) >= 11 is 0. The number of anilines is 3. The van der Waals surface area contributed by atoms with Crippen molar-refractivity contribution in [3.8, 4) is 33.4 Å². The highest BCUT2D eigenvalue weighted by Gasteiger charge is 2.46. The lowest BCUT2D eigenvalue weighted by Crippen LogP contribution is -2.28. The van der Waals surface area contributed by atoms with Crippen LogP contribution < -0.4 is 4.90 Å². The van der Waals surface area contributed by atoms with Crippen LogP contribution >= 0.6 is 0 Å². The highest BCUT2D eigenvalue weighted by atomic mass is 15.1. The van der Waals surface area contributed by atoms with Crippen LogP contribution in [0, 0.1) is 13.8 Å². The van der Waals surface area contributed by atoms with Crippen molar-refractivity contribution in [2.75, 3.05) is 4.90 Å². The molecule has 1 nitrogen and oxygen atoms in total. The third-order valence-corrected chi connectivity index (χ3v) is 12.3. The van der Waals surface area contributed by atoms with E-state index in [9.17, 15) is 0 Å². The Morgan fingerprint density at radius 2 is 0.964 bits per heavy atom. The van der Waals surface area contributed by atoms with E-state index in [0.29, 0.717) is 0 Å². The van der Waals surface area contributed by atoms with Gasteiger partial charge in [-0.05, 0) is 117 Å².